The summed E-state index contributed by atoms with van der Waals surface area (Å²) in [7, 11) is 1.54. The van der Waals surface area contributed by atoms with Gasteiger partial charge >= 0.3 is 0 Å². The average molecular weight is 338 g/mol. The Morgan fingerprint density at radius 1 is 1.08 bits per heavy atom. The van der Waals surface area contributed by atoms with E-state index in [4.69, 9.17) is 4.74 Å². The first-order valence-corrected chi connectivity index (χ1v) is 8.18. The summed E-state index contributed by atoms with van der Waals surface area (Å²) in [6.45, 7) is 1.24. The number of aromatic nitrogens is 2. The molecule has 128 valence electrons. The molecule has 0 saturated carbocycles. The molecule has 25 heavy (non-hydrogen) atoms. The van der Waals surface area contributed by atoms with Crippen LogP contribution in [0.1, 0.15) is 5.56 Å². The summed E-state index contributed by atoms with van der Waals surface area (Å²) < 4.78 is 5.11. The number of benzene rings is 1. The van der Waals surface area contributed by atoms with E-state index in [9.17, 15) is 9.59 Å². The zero-order valence-corrected chi connectivity index (χ0v) is 13.8. The SMILES string of the molecule is COc1ccnc(N2CC3C(=O)N(Cc4ccccc4)C(=O)C3C2)n1. The third-order valence-electron chi connectivity index (χ3n) is 4.78. The van der Waals surface area contributed by atoms with Crippen molar-refractivity contribution in [3.8, 4) is 5.88 Å². The Bertz CT molecular complexity index is 787. The van der Waals surface area contributed by atoms with E-state index in [0.717, 1.165) is 5.56 Å². The lowest BCUT2D eigenvalue weighted by atomic mass is 10.00. The molecule has 2 aromatic rings. The van der Waals surface area contributed by atoms with Crippen LogP contribution < -0.4 is 9.64 Å². The zero-order valence-electron chi connectivity index (χ0n) is 13.8. The number of ether oxygens (including phenoxy) is 1. The standard InChI is InChI=1S/C18H18N4O3/c1-25-15-7-8-19-18(20-15)21-10-13-14(11-21)17(24)22(16(13)23)9-12-5-3-2-4-6-12/h2-8,13-14H,9-11H2,1H3. The van der Waals surface area contributed by atoms with Gasteiger partial charge < -0.3 is 9.64 Å². The number of amides is 2. The lowest BCUT2D eigenvalue weighted by molar-refractivity contribution is -0.140. The van der Waals surface area contributed by atoms with Gasteiger partial charge in [0.2, 0.25) is 23.6 Å². The smallest absolute Gasteiger partial charge is 0.235 e. The third kappa shape index (κ3) is 2.71. The number of imide groups is 1. The molecule has 0 spiro atoms. The number of methoxy groups -OCH3 is 1. The number of likely N-dealkylation sites (tertiary alicyclic amines) is 1. The Hall–Kier alpha value is -2.96. The monoisotopic (exact) mass is 338 g/mol. The van der Waals surface area contributed by atoms with Crippen LogP contribution in [0, 0.1) is 11.8 Å². The van der Waals surface area contributed by atoms with Gasteiger partial charge in [-0.1, -0.05) is 30.3 Å². The number of nitrogens with zero attached hydrogens (tertiary/aromatic N) is 4. The van der Waals surface area contributed by atoms with Gasteiger partial charge in [-0.05, 0) is 5.56 Å². The van der Waals surface area contributed by atoms with Gasteiger partial charge in [-0.15, -0.1) is 0 Å². The second kappa shape index (κ2) is 6.16. The molecule has 1 aromatic heterocycles. The second-order valence-electron chi connectivity index (χ2n) is 6.27. The van der Waals surface area contributed by atoms with Crippen LogP contribution >= 0.6 is 0 Å². The summed E-state index contributed by atoms with van der Waals surface area (Å²) >= 11 is 0. The lowest BCUT2D eigenvalue weighted by Gasteiger charge is -2.21. The van der Waals surface area contributed by atoms with Crippen molar-refractivity contribution in [2.75, 3.05) is 25.1 Å². The van der Waals surface area contributed by atoms with E-state index < -0.39 is 0 Å². The summed E-state index contributed by atoms with van der Waals surface area (Å²) in [5.74, 6) is 0.0832. The molecular formula is C18H18N4O3. The minimum absolute atomic E-state index is 0.107. The van der Waals surface area contributed by atoms with Crippen LogP contribution in [0.15, 0.2) is 42.6 Å². The highest BCUT2D eigenvalue weighted by Gasteiger charge is 2.52. The highest BCUT2D eigenvalue weighted by atomic mass is 16.5. The maximum atomic E-state index is 12.7. The molecular weight excluding hydrogens is 320 g/mol. The number of rotatable bonds is 4. The first-order chi connectivity index (χ1) is 12.2. The maximum Gasteiger partial charge on any atom is 0.235 e. The van der Waals surface area contributed by atoms with E-state index in [2.05, 4.69) is 9.97 Å². The normalized spacial score (nSPS) is 22.4. The molecule has 0 N–H and O–H groups in total. The van der Waals surface area contributed by atoms with Gasteiger partial charge in [0, 0.05) is 25.4 Å². The van der Waals surface area contributed by atoms with Gasteiger partial charge in [-0.3, -0.25) is 14.5 Å². The predicted molar refractivity (Wildman–Crippen MR) is 89.8 cm³/mol. The maximum absolute atomic E-state index is 12.7. The molecule has 1 aromatic carbocycles. The van der Waals surface area contributed by atoms with Crippen molar-refractivity contribution in [3.63, 3.8) is 0 Å². The molecule has 0 bridgehead atoms. The van der Waals surface area contributed by atoms with Crippen molar-refractivity contribution in [2.24, 2.45) is 11.8 Å². The van der Waals surface area contributed by atoms with E-state index in [-0.39, 0.29) is 23.7 Å². The molecule has 2 unspecified atom stereocenters. The zero-order chi connectivity index (χ0) is 17.4. The molecule has 7 heteroatoms. The van der Waals surface area contributed by atoms with Crippen molar-refractivity contribution < 1.29 is 14.3 Å². The topological polar surface area (TPSA) is 75.6 Å². The fourth-order valence-corrected chi connectivity index (χ4v) is 3.50. The molecule has 4 rings (SSSR count). The van der Waals surface area contributed by atoms with Crippen LogP contribution in [-0.4, -0.2) is 46.9 Å². The van der Waals surface area contributed by atoms with Crippen molar-refractivity contribution >= 4 is 17.8 Å². The number of anilines is 1. The summed E-state index contributed by atoms with van der Waals surface area (Å²) in [6, 6.07) is 11.2. The molecule has 7 nitrogen and oxygen atoms in total. The van der Waals surface area contributed by atoms with Gasteiger partial charge in [-0.25, -0.2) is 4.98 Å². The van der Waals surface area contributed by atoms with Crippen molar-refractivity contribution in [2.45, 2.75) is 6.54 Å². The molecule has 2 aliphatic heterocycles. The fourth-order valence-electron chi connectivity index (χ4n) is 3.50. The van der Waals surface area contributed by atoms with E-state index >= 15 is 0 Å². The van der Waals surface area contributed by atoms with Crippen LogP contribution in [0.2, 0.25) is 0 Å². The highest BCUT2D eigenvalue weighted by Crippen LogP contribution is 2.35. The first-order valence-electron chi connectivity index (χ1n) is 8.18. The quantitative estimate of drug-likeness (QED) is 0.777. The summed E-state index contributed by atoms with van der Waals surface area (Å²) in [4.78, 5) is 37.2. The van der Waals surface area contributed by atoms with Gasteiger partial charge in [0.15, 0.2) is 0 Å². The van der Waals surface area contributed by atoms with Crippen LogP contribution in [-0.2, 0) is 16.1 Å². The van der Waals surface area contributed by atoms with Gasteiger partial charge in [0.1, 0.15) is 0 Å². The van der Waals surface area contributed by atoms with Gasteiger partial charge in [0.05, 0.1) is 25.5 Å². The number of fused-ring (bicyclic) bond motifs is 1. The van der Waals surface area contributed by atoms with E-state index in [0.29, 0.717) is 31.5 Å². The molecule has 0 radical (unpaired) electrons. The van der Waals surface area contributed by atoms with Crippen molar-refractivity contribution in [1.82, 2.24) is 14.9 Å². The third-order valence-corrected chi connectivity index (χ3v) is 4.78. The van der Waals surface area contributed by atoms with E-state index in [1.54, 1.807) is 19.4 Å². The molecule has 2 aliphatic rings. The van der Waals surface area contributed by atoms with Crippen molar-refractivity contribution in [3.05, 3.63) is 48.2 Å². The molecule has 3 heterocycles. The minimum Gasteiger partial charge on any atom is -0.481 e. The van der Waals surface area contributed by atoms with Crippen LogP contribution in [0.3, 0.4) is 0 Å². The van der Waals surface area contributed by atoms with Crippen LogP contribution in [0.25, 0.3) is 0 Å². The minimum atomic E-state index is -0.328. The first kappa shape index (κ1) is 15.6. The Morgan fingerprint density at radius 3 is 2.40 bits per heavy atom. The Balaban J connectivity index is 1.50. The summed E-state index contributed by atoms with van der Waals surface area (Å²) in [6.07, 6.45) is 1.61. The van der Waals surface area contributed by atoms with Gasteiger partial charge in [-0.2, -0.15) is 4.98 Å². The summed E-state index contributed by atoms with van der Waals surface area (Å²) in [5.41, 5.74) is 0.956. The molecule has 0 aliphatic carbocycles. The Labute approximate surface area is 145 Å². The van der Waals surface area contributed by atoms with Crippen LogP contribution in [0.4, 0.5) is 5.95 Å². The fraction of sp³-hybridized carbons (Fsp3) is 0.333. The highest BCUT2D eigenvalue weighted by molar-refractivity contribution is 6.06. The number of carbonyl (C=O) groups is 2. The average Bonchev–Trinajstić information content (AvgIpc) is 3.19. The second-order valence-corrected chi connectivity index (χ2v) is 6.27. The Kier molecular flexibility index (Phi) is 3.83. The predicted octanol–water partition coefficient (Wildman–Crippen LogP) is 1.11. The molecule has 2 saturated heterocycles. The van der Waals surface area contributed by atoms with E-state index in [1.165, 1.54) is 4.90 Å². The largest absolute Gasteiger partial charge is 0.481 e. The molecule has 2 fully saturated rings. The van der Waals surface area contributed by atoms with Crippen LogP contribution in [0.5, 0.6) is 5.88 Å². The number of hydrogen-bond donors (Lipinski definition) is 0. The van der Waals surface area contributed by atoms with Crippen molar-refractivity contribution in [1.29, 1.82) is 0 Å². The Morgan fingerprint density at radius 2 is 1.76 bits per heavy atom. The van der Waals surface area contributed by atoms with E-state index in [1.807, 2.05) is 35.2 Å². The summed E-state index contributed by atoms with van der Waals surface area (Å²) in [5, 5.41) is 0. The lowest BCUT2D eigenvalue weighted by Crippen LogP contribution is -2.36. The van der Waals surface area contributed by atoms with Gasteiger partial charge in [0.25, 0.3) is 0 Å². The number of hydrogen-bond acceptors (Lipinski definition) is 6. The number of carbonyl (C=O) groups excluding carboxylic acids is 2. The molecule has 2 atom stereocenters. The molecule has 2 amide bonds.